The lowest BCUT2D eigenvalue weighted by Crippen LogP contribution is -2.55. The molecule has 0 saturated carbocycles. The van der Waals surface area contributed by atoms with E-state index in [1.165, 1.54) is 11.1 Å². The predicted molar refractivity (Wildman–Crippen MR) is 106 cm³/mol. The van der Waals surface area contributed by atoms with Crippen LogP contribution in [-0.2, 0) is 24.2 Å². The maximum absolute atomic E-state index is 12.4. The summed E-state index contributed by atoms with van der Waals surface area (Å²) in [5, 5.41) is 3.06. The van der Waals surface area contributed by atoms with Crippen LogP contribution in [0, 0.1) is 0 Å². The summed E-state index contributed by atoms with van der Waals surface area (Å²) in [6.45, 7) is 6.90. The average molecular weight is 351 g/mol. The first kappa shape index (κ1) is 18.6. The molecule has 2 aromatic rings. The molecule has 26 heavy (non-hydrogen) atoms. The summed E-state index contributed by atoms with van der Waals surface area (Å²) in [6, 6.07) is 18.0. The summed E-state index contributed by atoms with van der Waals surface area (Å²) < 4.78 is 0. The molecule has 2 aromatic carbocycles. The molecule has 0 bridgehead atoms. The third-order valence-electron chi connectivity index (χ3n) is 5.32. The van der Waals surface area contributed by atoms with Crippen LogP contribution in [0.25, 0.3) is 0 Å². The van der Waals surface area contributed by atoms with Crippen LogP contribution in [-0.4, -0.2) is 35.5 Å². The lowest BCUT2D eigenvalue weighted by molar-refractivity contribution is -0.123. The fraction of sp³-hybridized carbons (Fsp3) is 0.409. The van der Waals surface area contributed by atoms with Gasteiger partial charge in [0, 0.05) is 25.2 Å². The van der Waals surface area contributed by atoms with E-state index in [0.29, 0.717) is 13.0 Å². The molecule has 0 aliphatic carbocycles. The minimum Gasteiger partial charge on any atom is -0.353 e. The number of nitrogens with zero attached hydrogens (tertiary/aromatic N) is 1. The molecule has 0 radical (unpaired) electrons. The fourth-order valence-corrected chi connectivity index (χ4v) is 3.52. The second kappa shape index (κ2) is 8.02. The van der Waals surface area contributed by atoms with Crippen molar-refractivity contribution in [2.75, 3.05) is 13.1 Å². The smallest absolute Gasteiger partial charge is 0.237 e. The van der Waals surface area contributed by atoms with Gasteiger partial charge in [-0.2, -0.15) is 0 Å². The average Bonchev–Trinajstić information content (AvgIpc) is 2.66. The van der Waals surface area contributed by atoms with Crippen molar-refractivity contribution in [1.29, 1.82) is 0 Å². The Morgan fingerprint density at radius 2 is 1.77 bits per heavy atom. The summed E-state index contributed by atoms with van der Waals surface area (Å²) in [7, 11) is 0. The van der Waals surface area contributed by atoms with E-state index in [9.17, 15) is 4.79 Å². The van der Waals surface area contributed by atoms with Crippen molar-refractivity contribution in [1.82, 2.24) is 10.2 Å². The molecule has 0 aromatic heterocycles. The van der Waals surface area contributed by atoms with Gasteiger partial charge in [0.15, 0.2) is 0 Å². The van der Waals surface area contributed by atoms with Crippen molar-refractivity contribution in [3.8, 4) is 0 Å². The van der Waals surface area contributed by atoms with Crippen LogP contribution in [0.5, 0.6) is 0 Å². The van der Waals surface area contributed by atoms with Crippen LogP contribution in [0.3, 0.4) is 0 Å². The Morgan fingerprint density at radius 3 is 2.50 bits per heavy atom. The number of amides is 1. The zero-order valence-electron chi connectivity index (χ0n) is 15.7. The number of nitrogens with two attached hydrogens (primary N) is 1. The molecule has 1 heterocycles. The minimum atomic E-state index is -0.518. The molecule has 138 valence electrons. The van der Waals surface area contributed by atoms with Gasteiger partial charge in [-0.25, -0.2) is 0 Å². The van der Waals surface area contributed by atoms with Gasteiger partial charge in [-0.05, 0) is 43.4 Å². The van der Waals surface area contributed by atoms with Gasteiger partial charge < -0.3 is 11.1 Å². The van der Waals surface area contributed by atoms with E-state index in [-0.39, 0.29) is 11.4 Å². The van der Waals surface area contributed by atoms with Crippen LogP contribution >= 0.6 is 0 Å². The highest BCUT2D eigenvalue weighted by Crippen LogP contribution is 2.24. The standard InChI is InChI=1S/C22H29N3O/c1-22(2,25-13-12-18-10-6-7-11-19(18)15-25)16-24-21(26)20(23)14-17-8-4-3-5-9-17/h3-11,20H,12-16,23H2,1-2H3,(H,24,26). The number of hydrogen-bond donors (Lipinski definition) is 2. The van der Waals surface area contributed by atoms with Crippen molar-refractivity contribution in [2.45, 2.75) is 44.8 Å². The summed E-state index contributed by atoms with van der Waals surface area (Å²) in [5.74, 6) is -0.0839. The molecule has 3 N–H and O–H groups in total. The van der Waals surface area contributed by atoms with Crippen molar-refractivity contribution in [3.63, 3.8) is 0 Å². The van der Waals surface area contributed by atoms with Crippen LogP contribution in [0.1, 0.15) is 30.5 Å². The Kier molecular flexibility index (Phi) is 5.74. The molecular formula is C22H29N3O. The van der Waals surface area contributed by atoms with Gasteiger partial charge in [0.2, 0.25) is 5.91 Å². The van der Waals surface area contributed by atoms with E-state index in [0.717, 1.165) is 25.1 Å². The summed E-state index contributed by atoms with van der Waals surface area (Å²) >= 11 is 0. The summed E-state index contributed by atoms with van der Waals surface area (Å²) in [6.07, 6.45) is 1.62. The quantitative estimate of drug-likeness (QED) is 0.841. The molecule has 0 spiro atoms. The van der Waals surface area contributed by atoms with E-state index >= 15 is 0 Å². The highest BCUT2D eigenvalue weighted by molar-refractivity contribution is 5.81. The first-order valence-corrected chi connectivity index (χ1v) is 9.35. The fourth-order valence-electron chi connectivity index (χ4n) is 3.52. The van der Waals surface area contributed by atoms with Crippen molar-refractivity contribution < 1.29 is 4.79 Å². The van der Waals surface area contributed by atoms with Gasteiger partial charge in [0.1, 0.15) is 0 Å². The van der Waals surface area contributed by atoms with Crippen LogP contribution in [0.2, 0.25) is 0 Å². The monoisotopic (exact) mass is 351 g/mol. The van der Waals surface area contributed by atoms with Gasteiger partial charge in [0.25, 0.3) is 0 Å². The zero-order valence-corrected chi connectivity index (χ0v) is 15.7. The van der Waals surface area contributed by atoms with Gasteiger partial charge in [-0.3, -0.25) is 9.69 Å². The Morgan fingerprint density at radius 1 is 1.12 bits per heavy atom. The van der Waals surface area contributed by atoms with Crippen LogP contribution < -0.4 is 11.1 Å². The number of hydrogen-bond acceptors (Lipinski definition) is 3. The molecule has 0 fully saturated rings. The van der Waals surface area contributed by atoms with Crippen molar-refractivity contribution in [2.24, 2.45) is 5.73 Å². The lowest BCUT2D eigenvalue weighted by Gasteiger charge is -2.41. The van der Waals surface area contributed by atoms with Gasteiger partial charge in [-0.15, -0.1) is 0 Å². The largest absolute Gasteiger partial charge is 0.353 e. The number of carbonyl (C=O) groups excluding carboxylic acids is 1. The van der Waals surface area contributed by atoms with Crippen molar-refractivity contribution in [3.05, 3.63) is 71.3 Å². The number of rotatable bonds is 6. The molecule has 1 aliphatic rings. The molecule has 4 heteroatoms. The van der Waals surface area contributed by atoms with Gasteiger partial charge in [-0.1, -0.05) is 54.6 Å². The van der Waals surface area contributed by atoms with E-state index in [1.807, 2.05) is 30.3 Å². The molecule has 1 atom stereocenters. The second-order valence-electron chi connectivity index (χ2n) is 7.77. The number of nitrogens with one attached hydrogen (secondary N) is 1. The van der Waals surface area contributed by atoms with E-state index in [4.69, 9.17) is 5.73 Å². The van der Waals surface area contributed by atoms with Gasteiger partial charge in [0.05, 0.1) is 6.04 Å². The molecule has 1 amide bonds. The van der Waals surface area contributed by atoms with Crippen LogP contribution in [0.4, 0.5) is 0 Å². The highest BCUT2D eigenvalue weighted by Gasteiger charge is 2.30. The van der Waals surface area contributed by atoms with Crippen molar-refractivity contribution >= 4 is 5.91 Å². The Balaban J connectivity index is 1.54. The highest BCUT2D eigenvalue weighted by atomic mass is 16.2. The third kappa shape index (κ3) is 4.51. The number of fused-ring (bicyclic) bond motifs is 1. The molecular weight excluding hydrogens is 322 g/mol. The third-order valence-corrected chi connectivity index (χ3v) is 5.32. The molecule has 4 nitrogen and oxygen atoms in total. The van der Waals surface area contributed by atoms with Gasteiger partial charge >= 0.3 is 0 Å². The summed E-state index contributed by atoms with van der Waals surface area (Å²) in [4.78, 5) is 14.9. The molecule has 0 saturated heterocycles. The maximum Gasteiger partial charge on any atom is 0.237 e. The molecule has 1 unspecified atom stereocenters. The first-order chi connectivity index (χ1) is 12.5. The zero-order chi connectivity index (χ0) is 18.6. The number of benzene rings is 2. The minimum absolute atomic E-state index is 0.0839. The van der Waals surface area contributed by atoms with Crippen LogP contribution in [0.15, 0.2) is 54.6 Å². The Labute approximate surface area is 156 Å². The first-order valence-electron chi connectivity index (χ1n) is 9.35. The Bertz CT molecular complexity index is 742. The normalized spacial score (nSPS) is 16.0. The topological polar surface area (TPSA) is 58.4 Å². The summed E-state index contributed by atoms with van der Waals surface area (Å²) in [5.41, 5.74) is 9.89. The van der Waals surface area contributed by atoms with E-state index in [1.54, 1.807) is 0 Å². The SMILES string of the molecule is CC(C)(CNC(=O)C(N)Cc1ccccc1)N1CCc2ccccc2C1. The Hall–Kier alpha value is -2.17. The predicted octanol–water partition coefficient (Wildman–Crippen LogP) is 2.51. The van der Waals surface area contributed by atoms with E-state index < -0.39 is 6.04 Å². The molecule has 3 rings (SSSR count). The number of carbonyl (C=O) groups is 1. The lowest BCUT2D eigenvalue weighted by atomic mass is 9.94. The van der Waals surface area contributed by atoms with E-state index in [2.05, 4.69) is 48.3 Å². The second-order valence-corrected chi connectivity index (χ2v) is 7.77. The molecule has 1 aliphatic heterocycles. The maximum atomic E-state index is 12.4.